The summed E-state index contributed by atoms with van der Waals surface area (Å²) < 4.78 is 28.0. The van der Waals surface area contributed by atoms with Gasteiger partial charge in [0.2, 0.25) is 0 Å². The second kappa shape index (κ2) is 9.22. The second-order valence-corrected chi connectivity index (χ2v) is 5.14. The third-order valence-electron chi connectivity index (χ3n) is 3.28. The third kappa shape index (κ3) is 5.62. The summed E-state index contributed by atoms with van der Waals surface area (Å²) in [4.78, 5) is 23.2. The Balaban J connectivity index is 2.10. The van der Waals surface area contributed by atoms with Gasteiger partial charge in [-0.05, 0) is 29.8 Å². The first-order valence-corrected chi connectivity index (χ1v) is 7.64. The van der Waals surface area contributed by atoms with E-state index in [1.165, 1.54) is 26.4 Å². The molecule has 26 heavy (non-hydrogen) atoms. The topological polar surface area (TPSA) is 73.9 Å². The van der Waals surface area contributed by atoms with Gasteiger partial charge >= 0.3 is 11.9 Å². The van der Waals surface area contributed by atoms with Crippen LogP contribution >= 0.6 is 0 Å². The molecule has 0 fully saturated rings. The van der Waals surface area contributed by atoms with Crippen LogP contribution in [0.25, 0.3) is 0 Å². The molecule has 0 aliphatic heterocycles. The Bertz CT molecular complexity index is 819. The number of hydrogen-bond acceptors (Lipinski definition) is 6. The van der Waals surface area contributed by atoms with Crippen molar-refractivity contribution in [3.05, 3.63) is 71.7 Å². The number of nitrogens with one attached hydrogen (secondary N) is 1. The molecule has 0 spiro atoms. The minimum atomic E-state index is -0.721. The van der Waals surface area contributed by atoms with Crippen LogP contribution in [0.2, 0.25) is 0 Å². The van der Waals surface area contributed by atoms with Crippen molar-refractivity contribution >= 4 is 17.6 Å². The number of carbonyl (C=O) groups excluding carboxylic acids is 2. The molecule has 0 radical (unpaired) electrons. The van der Waals surface area contributed by atoms with E-state index in [-0.39, 0.29) is 18.1 Å². The number of esters is 2. The SMILES string of the molecule is COC(=O)/C=C(/Nc1cccc(OCc2cccc(F)c2)c1)C(=O)OC. The molecule has 0 amide bonds. The normalized spacial score (nSPS) is 10.8. The van der Waals surface area contributed by atoms with Gasteiger partial charge < -0.3 is 19.5 Å². The molecule has 0 atom stereocenters. The minimum Gasteiger partial charge on any atom is -0.489 e. The maximum Gasteiger partial charge on any atom is 0.354 e. The Kier molecular flexibility index (Phi) is 6.73. The standard InChI is InChI=1S/C19H18FNO5/c1-24-18(22)11-17(19(23)25-2)21-15-7-4-8-16(10-15)26-12-13-5-3-6-14(20)9-13/h3-11,21H,12H2,1-2H3/b17-11+. The van der Waals surface area contributed by atoms with Crippen molar-refractivity contribution in [3.63, 3.8) is 0 Å². The Morgan fingerprint density at radius 3 is 2.54 bits per heavy atom. The molecule has 6 nitrogen and oxygen atoms in total. The summed E-state index contributed by atoms with van der Waals surface area (Å²) in [5, 5.41) is 2.79. The summed E-state index contributed by atoms with van der Waals surface area (Å²) in [6.07, 6.45) is 0.992. The van der Waals surface area contributed by atoms with Crippen molar-refractivity contribution in [1.29, 1.82) is 0 Å². The number of carbonyl (C=O) groups is 2. The van der Waals surface area contributed by atoms with Gasteiger partial charge in [-0.15, -0.1) is 0 Å². The predicted octanol–water partition coefficient (Wildman–Crippen LogP) is 3.05. The zero-order valence-electron chi connectivity index (χ0n) is 14.3. The van der Waals surface area contributed by atoms with Gasteiger partial charge in [-0.2, -0.15) is 0 Å². The fourth-order valence-electron chi connectivity index (χ4n) is 2.05. The highest BCUT2D eigenvalue weighted by atomic mass is 19.1. The van der Waals surface area contributed by atoms with Gasteiger partial charge in [0.15, 0.2) is 0 Å². The van der Waals surface area contributed by atoms with E-state index >= 15 is 0 Å². The fraction of sp³-hybridized carbons (Fsp3) is 0.158. The smallest absolute Gasteiger partial charge is 0.354 e. The monoisotopic (exact) mass is 359 g/mol. The Labute approximate surface area is 150 Å². The van der Waals surface area contributed by atoms with Crippen molar-refractivity contribution in [2.75, 3.05) is 19.5 Å². The maximum atomic E-state index is 13.2. The number of anilines is 1. The predicted molar refractivity (Wildman–Crippen MR) is 92.9 cm³/mol. The first-order valence-electron chi connectivity index (χ1n) is 7.64. The van der Waals surface area contributed by atoms with E-state index in [9.17, 15) is 14.0 Å². The summed E-state index contributed by atoms with van der Waals surface area (Å²) >= 11 is 0. The lowest BCUT2D eigenvalue weighted by molar-refractivity contribution is -0.138. The molecule has 0 heterocycles. The van der Waals surface area contributed by atoms with Gasteiger partial charge in [0.05, 0.1) is 20.3 Å². The van der Waals surface area contributed by atoms with E-state index in [0.29, 0.717) is 17.0 Å². The molecule has 0 bridgehead atoms. The molecule has 136 valence electrons. The van der Waals surface area contributed by atoms with Crippen LogP contribution in [-0.2, 0) is 25.7 Å². The highest BCUT2D eigenvalue weighted by Crippen LogP contribution is 2.20. The maximum absolute atomic E-state index is 13.2. The highest BCUT2D eigenvalue weighted by molar-refractivity contribution is 5.98. The second-order valence-electron chi connectivity index (χ2n) is 5.14. The zero-order valence-corrected chi connectivity index (χ0v) is 14.3. The molecule has 0 aliphatic carbocycles. The van der Waals surface area contributed by atoms with Crippen LogP contribution in [-0.4, -0.2) is 26.2 Å². The van der Waals surface area contributed by atoms with Crippen LogP contribution in [0, 0.1) is 5.82 Å². The van der Waals surface area contributed by atoms with Gasteiger partial charge in [0.25, 0.3) is 0 Å². The van der Waals surface area contributed by atoms with Crippen molar-refractivity contribution in [2.45, 2.75) is 6.61 Å². The first-order chi connectivity index (χ1) is 12.5. The summed E-state index contributed by atoms with van der Waals surface area (Å²) in [6, 6.07) is 12.8. The average molecular weight is 359 g/mol. The fourth-order valence-corrected chi connectivity index (χ4v) is 2.05. The van der Waals surface area contributed by atoms with E-state index in [1.807, 2.05) is 0 Å². The molecule has 1 N–H and O–H groups in total. The average Bonchev–Trinajstić information content (AvgIpc) is 2.65. The summed E-state index contributed by atoms with van der Waals surface area (Å²) in [5.74, 6) is -1.25. The molecule has 7 heteroatoms. The number of ether oxygens (including phenoxy) is 3. The molecular formula is C19H18FNO5. The highest BCUT2D eigenvalue weighted by Gasteiger charge is 2.13. The summed E-state index contributed by atoms with van der Waals surface area (Å²) in [5.41, 5.74) is 1.10. The van der Waals surface area contributed by atoms with Gasteiger partial charge in [-0.1, -0.05) is 18.2 Å². The first kappa shape index (κ1) is 19.0. The molecule has 0 saturated heterocycles. The van der Waals surface area contributed by atoms with Crippen LogP contribution in [0.3, 0.4) is 0 Å². The molecule has 0 aliphatic rings. The summed E-state index contributed by atoms with van der Waals surface area (Å²) in [6.45, 7) is 0.184. The minimum absolute atomic E-state index is 0.0818. The van der Waals surface area contributed by atoms with E-state index < -0.39 is 11.9 Å². The molecule has 0 aromatic heterocycles. The number of hydrogen-bond donors (Lipinski definition) is 1. The largest absolute Gasteiger partial charge is 0.489 e. The lowest BCUT2D eigenvalue weighted by Gasteiger charge is -2.11. The molecule has 0 saturated carbocycles. The molecule has 0 unspecified atom stereocenters. The van der Waals surface area contributed by atoms with E-state index in [0.717, 1.165) is 6.08 Å². The summed E-state index contributed by atoms with van der Waals surface area (Å²) in [7, 11) is 2.41. The van der Waals surface area contributed by atoms with E-state index in [2.05, 4.69) is 14.8 Å². The Morgan fingerprint density at radius 2 is 1.85 bits per heavy atom. The lowest BCUT2D eigenvalue weighted by atomic mass is 10.2. The van der Waals surface area contributed by atoms with Crippen molar-refractivity contribution in [1.82, 2.24) is 0 Å². The Morgan fingerprint density at radius 1 is 1.08 bits per heavy atom. The van der Waals surface area contributed by atoms with Crippen molar-refractivity contribution in [3.8, 4) is 5.75 Å². The van der Waals surface area contributed by atoms with Crippen molar-refractivity contribution < 1.29 is 28.2 Å². The number of benzene rings is 2. The van der Waals surface area contributed by atoms with E-state index in [4.69, 9.17) is 4.74 Å². The zero-order chi connectivity index (χ0) is 18.9. The van der Waals surface area contributed by atoms with Gasteiger partial charge in [-0.3, -0.25) is 0 Å². The number of rotatable bonds is 7. The molecule has 2 aromatic rings. The van der Waals surface area contributed by atoms with Crippen LogP contribution in [0.5, 0.6) is 5.75 Å². The van der Waals surface area contributed by atoms with Crippen LogP contribution in [0.4, 0.5) is 10.1 Å². The van der Waals surface area contributed by atoms with Crippen LogP contribution < -0.4 is 10.1 Å². The quantitative estimate of drug-likeness (QED) is 0.605. The number of halogens is 1. The van der Waals surface area contributed by atoms with Gasteiger partial charge in [0.1, 0.15) is 23.9 Å². The molecular weight excluding hydrogens is 341 g/mol. The van der Waals surface area contributed by atoms with Gasteiger partial charge in [0, 0.05) is 11.8 Å². The van der Waals surface area contributed by atoms with Crippen LogP contribution in [0.15, 0.2) is 60.3 Å². The van der Waals surface area contributed by atoms with Crippen LogP contribution in [0.1, 0.15) is 5.56 Å². The van der Waals surface area contributed by atoms with Gasteiger partial charge in [-0.25, -0.2) is 14.0 Å². The molecule has 2 rings (SSSR count). The Hall–Kier alpha value is -3.35. The van der Waals surface area contributed by atoms with E-state index in [1.54, 1.807) is 36.4 Å². The molecule has 2 aromatic carbocycles. The number of methoxy groups -OCH3 is 2. The van der Waals surface area contributed by atoms with Crippen molar-refractivity contribution in [2.24, 2.45) is 0 Å². The third-order valence-corrected chi connectivity index (χ3v) is 3.28. The lowest BCUT2D eigenvalue weighted by Crippen LogP contribution is -2.15.